The summed E-state index contributed by atoms with van der Waals surface area (Å²) in [6, 6.07) is 9.29. The third-order valence-corrected chi connectivity index (χ3v) is 3.19. The van der Waals surface area contributed by atoms with Crippen LogP contribution in [0.3, 0.4) is 0 Å². The van der Waals surface area contributed by atoms with E-state index < -0.39 is 0 Å². The van der Waals surface area contributed by atoms with Gasteiger partial charge in [-0.2, -0.15) is 5.26 Å². The summed E-state index contributed by atoms with van der Waals surface area (Å²) in [5.41, 5.74) is 0.672. The van der Waals surface area contributed by atoms with Gasteiger partial charge in [0.2, 0.25) is 0 Å². The fourth-order valence-electron chi connectivity index (χ4n) is 2.24. The molecule has 1 aromatic carbocycles. The molecule has 1 aliphatic carbocycles. The summed E-state index contributed by atoms with van der Waals surface area (Å²) in [5, 5.41) is 12.2. The van der Waals surface area contributed by atoms with Gasteiger partial charge in [-0.3, -0.25) is 0 Å². The molecule has 0 aliphatic heterocycles. The fourth-order valence-corrected chi connectivity index (χ4v) is 2.24. The molecule has 1 aliphatic rings. The molecular formula is C13H15FN2. The molecule has 1 aromatic rings. The zero-order chi connectivity index (χ0) is 11.4. The lowest BCUT2D eigenvalue weighted by Crippen LogP contribution is -2.31. The zero-order valence-electron chi connectivity index (χ0n) is 9.12. The predicted octanol–water partition coefficient (Wildman–Crippen LogP) is 2.61. The first-order chi connectivity index (χ1) is 7.81. The van der Waals surface area contributed by atoms with Crippen molar-refractivity contribution in [3.8, 4) is 6.07 Å². The lowest BCUT2D eigenvalue weighted by atomic mass is 10.1. The molecule has 0 spiro atoms. The third kappa shape index (κ3) is 2.40. The van der Waals surface area contributed by atoms with Crippen molar-refractivity contribution >= 4 is 0 Å². The van der Waals surface area contributed by atoms with Crippen LogP contribution >= 0.6 is 0 Å². The Morgan fingerprint density at radius 2 is 2.19 bits per heavy atom. The maximum atomic E-state index is 13.3. The van der Waals surface area contributed by atoms with Crippen LogP contribution in [-0.2, 0) is 6.54 Å². The number of nitrogens with zero attached hydrogens (tertiary/aromatic N) is 1. The number of hydrogen-bond donors (Lipinski definition) is 1. The molecule has 0 saturated heterocycles. The minimum Gasteiger partial charge on any atom is -0.309 e. The van der Waals surface area contributed by atoms with Gasteiger partial charge in [0.05, 0.1) is 12.0 Å². The van der Waals surface area contributed by atoms with E-state index in [9.17, 15) is 4.39 Å². The van der Waals surface area contributed by atoms with Crippen LogP contribution in [-0.4, -0.2) is 6.04 Å². The minimum absolute atomic E-state index is 0.0896. The number of halogens is 1. The van der Waals surface area contributed by atoms with Crippen LogP contribution in [0.1, 0.15) is 24.8 Å². The Morgan fingerprint density at radius 3 is 2.94 bits per heavy atom. The van der Waals surface area contributed by atoms with Gasteiger partial charge in [0.25, 0.3) is 0 Å². The van der Waals surface area contributed by atoms with Gasteiger partial charge in [-0.25, -0.2) is 4.39 Å². The SMILES string of the molecule is N#CC1CCCC1NCc1ccccc1F. The van der Waals surface area contributed by atoms with Gasteiger partial charge < -0.3 is 5.32 Å². The van der Waals surface area contributed by atoms with E-state index in [4.69, 9.17) is 5.26 Å². The van der Waals surface area contributed by atoms with Gasteiger partial charge >= 0.3 is 0 Å². The number of rotatable bonds is 3. The van der Waals surface area contributed by atoms with E-state index in [2.05, 4.69) is 11.4 Å². The molecule has 2 nitrogen and oxygen atoms in total. The Kier molecular flexibility index (Phi) is 3.53. The molecule has 2 rings (SSSR count). The Balaban J connectivity index is 1.93. The standard InChI is InChI=1S/C13H15FN2/c14-12-6-2-1-4-11(12)9-16-13-7-3-5-10(13)8-15/h1-2,4,6,10,13,16H,3,5,7,9H2. The van der Waals surface area contributed by atoms with E-state index in [-0.39, 0.29) is 17.8 Å². The molecular weight excluding hydrogens is 203 g/mol. The molecule has 0 radical (unpaired) electrons. The molecule has 2 atom stereocenters. The van der Waals surface area contributed by atoms with Crippen molar-refractivity contribution in [1.82, 2.24) is 5.32 Å². The number of benzene rings is 1. The lowest BCUT2D eigenvalue weighted by Gasteiger charge is -2.15. The van der Waals surface area contributed by atoms with Crippen LogP contribution in [0, 0.1) is 23.1 Å². The van der Waals surface area contributed by atoms with Crippen molar-refractivity contribution < 1.29 is 4.39 Å². The third-order valence-electron chi connectivity index (χ3n) is 3.19. The Bertz CT molecular complexity index is 397. The monoisotopic (exact) mass is 218 g/mol. The highest BCUT2D eigenvalue weighted by Gasteiger charge is 2.26. The molecule has 16 heavy (non-hydrogen) atoms. The van der Waals surface area contributed by atoms with Gasteiger partial charge in [-0.05, 0) is 18.9 Å². The Morgan fingerprint density at radius 1 is 1.38 bits per heavy atom. The second-order valence-electron chi connectivity index (χ2n) is 4.25. The zero-order valence-corrected chi connectivity index (χ0v) is 9.12. The van der Waals surface area contributed by atoms with Crippen molar-refractivity contribution in [3.05, 3.63) is 35.6 Å². The molecule has 0 aromatic heterocycles. The first kappa shape index (κ1) is 11.1. The van der Waals surface area contributed by atoms with Crippen LogP contribution in [0.2, 0.25) is 0 Å². The van der Waals surface area contributed by atoms with Crippen LogP contribution in [0.15, 0.2) is 24.3 Å². The molecule has 2 unspecified atom stereocenters. The molecule has 1 saturated carbocycles. The van der Waals surface area contributed by atoms with Gasteiger partial charge in [0.15, 0.2) is 0 Å². The predicted molar refractivity (Wildman–Crippen MR) is 60.0 cm³/mol. The van der Waals surface area contributed by atoms with Gasteiger partial charge in [0.1, 0.15) is 5.82 Å². The normalized spacial score (nSPS) is 24.2. The number of nitriles is 1. The molecule has 1 N–H and O–H groups in total. The lowest BCUT2D eigenvalue weighted by molar-refractivity contribution is 0.457. The maximum absolute atomic E-state index is 13.3. The highest BCUT2D eigenvalue weighted by molar-refractivity contribution is 5.17. The fraction of sp³-hybridized carbons (Fsp3) is 0.462. The van der Waals surface area contributed by atoms with Crippen LogP contribution in [0.4, 0.5) is 4.39 Å². The van der Waals surface area contributed by atoms with Crippen LogP contribution < -0.4 is 5.32 Å². The molecule has 1 fully saturated rings. The minimum atomic E-state index is -0.179. The Hall–Kier alpha value is -1.40. The summed E-state index contributed by atoms with van der Waals surface area (Å²) >= 11 is 0. The summed E-state index contributed by atoms with van der Waals surface area (Å²) in [6.07, 6.45) is 3.07. The number of nitrogens with one attached hydrogen (secondary N) is 1. The van der Waals surface area contributed by atoms with Gasteiger partial charge in [-0.1, -0.05) is 24.6 Å². The van der Waals surface area contributed by atoms with E-state index in [0.717, 1.165) is 19.3 Å². The first-order valence-corrected chi connectivity index (χ1v) is 5.67. The van der Waals surface area contributed by atoms with Crippen LogP contribution in [0.25, 0.3) is 0 Å². The molecule has 84 valence electrons. The van der Waals surface area contributed by atoms with Crippen molar-refractivity contribution in [3.63, 3.8) is 0 Å². The summed E-state index contributed by atoms with van der Waals surface area (Å²) in [5.74, 6) is -0.0896. The smallest absolute Gasteiger partial charge is 0.127 e. The number of hydrogen-bond acceptors (Lipinski definition) is 2. The largest absolute Gasteiger partial charge is 0.309 e. The molecule has 0 amide bonds. The van der Waals surface area contributed by atoms with Crippen molar-refractivity contribution in [2.45, 2.75) is 31.8 Å². The Labute approximate surface area is 95.1 Å². The molecule has 3 heteroatoms. The molecule has 0 bridgehead atoms. The second kappa shape index (κ2) is 5.09. The van der Waals surface area contributed by atoms with Gasteiger partial charge in [-0.15, -0.1) is 0 Å². The summed E-state index contributed by atoms with van der Waals surface area (Å²) < 4.78 is 13.3. The summed E-state index contributed by atoms with van der Waals surface area (Å²) in [4.78, 5) is 0. The van der Waals surface area contributed by atoms with Crippen LogP contribution in [0.5, 0.6) is 0 Å². The highest BCUT2D eigenvalue weighted by atomic mass is 19.1. The van der Waals surface area contributed by atoms with E-state index >= 15 is 0 Å². The molecule has 0 heterocycles. The summed E-state index contributed by atoms with van der Waals surface area (Å²) in [7, 11) is 0. The van der Waals surface area contributed by atoms with Crippen molar-refractivity contribution in [2.24, 2.45) is 5.92 Å². The average Bonchev–Trinajstić information content (AvgIpc) is 2.75. The van der Waals surface area contributed by atoms with E-state index in [1.807, 2.05) is 6.07 Å². The first-order valence-electron chi connectivity index (χ1n) is 5.67. The quantitative estimate of drug-likeness (QED) is 0.846. The average molecular weight is 218 g/mol. The van der Waals surface area contributed by atoms with Crippen molar-refractivity contribution in [2.75, 3.05) is 0 Å². The summed E-state index contributed by atoms with van der Waals surface area (Å²) in [6.45, 7) is 0.509. The van der Waals surface area contributed by atoms with E-state index in [1.54, 1.807) is 12.1 Å². The van der Waals surface area contributed by atoms with Gasteiger partial charge in [0, 0.05) is 18.2 Å². The second-order valence-corrected chi connectivity index (χ2v) is 4.25. The maximum Gasteiger partial charge on any atom is 0.127 e. The highest BCUT2D eigenvalue weighted by Crippen LogP contribution is 2.25. The van der Waals surface area contributed by atoms with Crippen molar-refractivity contribution in [1.29, 1.82) is 5.26 Å². The van der Waals surface area contributed by atoms with E-state index in [1.165, 1.54) is 6.07 Å². The van der Waals surface area contributed by atoms with E-state index in [0.29, 0.717) is 12.1 Å². The topological polar surface area (TPSA) is 35.8 Å².